The fourth-order valence-corrected chi connectivity index (χ4v) is 6.39. The molecule has 1 heterocycles. The third-order valence-electron chi connectivity index (χ3n) is 7.69. The van der Waals surface area contributed by atoms with Crippen LogP contribution in [0.1, 0.15) is 48.8 Å². The Bertz CT molecular complexity index is 801. The second kappa shape index (κ2) is 6.98. The first kappa shape index (κ1) is 17.3. The van der Waals surface area contributed by atoms with E-state index in [0.717, 1.165) is 17.7 Å². The summed E-state index contributed by atoms with van der Waals surface area (Å²) < 4.78 is 5.59. The van der Waals surface area contributed by atoms with Crippen LogP contribution in [0.25, 0.3) is 0 Å². The van der Waals surface area contributed by atoms with Crippen LogP contribution in [0.15, 0.2) is 48.5 Å². The lowest BCUT2D eigenvalue weighted by molar-refractivity contribution is -0.0106. The molecule has 1 aliphatic heterocycles. The lowest BCUT2D eigenvalue weighted by atomic mass is 9.52. The molecule has 2 aromatic rings. The zero-order valence-corrected chi connectivity index (χ0v) is 16.5. The Morgan fingerprint density at radius 2 is 1.96 bits per heavy atom. The molecule has 2 heteroatoms. The molecule has 0 unspecified atom stereocenters. The van der Waals surface area contributed by atoms with Gasteiger partial charge in [-0.1, -0.05) is 49.2 Å². The summed E-state index contributed by atoms with van der Waals surface area (Å²) in [6, 6.07) is 18.6. The molecule has 3 atom stereocenters. The zero-order valence-electron chi connectivity index (χ0n) is 16.5. The number of nitrogens with zero attached hydrogens (tertiary/aromatic N) is 1. The maximum atomic E-state index is 5.59. The quantitative estimate of drug-likeness (QED) is 0.760. The van der Waals surface area contributed by atoms with Crippen molar-refractivity contribution in [2.45, 2.75) is 56.4 Å². The van der Waals surface area contributed by atoms with Crippen molar-refractivity contribution in [3.05, 3.63) is 65.2 Å². The number of hydrogen-bond donors (Lipinski definition) is 0. The van der Waals surface area contributed by atoms with Gasteiger partial charge in [0, 0.05) is 18.0 Å². The molecule has 3 aliphatic rings. The van der Waals surface area contributed by atoms with Crippen molar-refractivity contribution >= 4 is 0 Å². The SMILES string of the molecule is COc1ccc2c(c1)[C@]13CCCC[C@@H]1[C@H](C2)N(CCc1ccccc1)CC3. The van der Waals surface area contributed by atoms with E-state index in [-0.39, 0.29) is 0 Å². The fourth-order valence-electron chi connectivity index (χ4n) is 6.39. The molecule has 0 spiro atoms. The van der Waals surface area contributed by atoms with Gasteiger partial charge in [0.25, 0.3) is 0 Å². The van der Waals surface area contributed by atoms with E-state index >= 15 is 0 Å². The number of likely N-dealkylation sites (tertiary alicyclic amines) is 1. The van der Waals surface area contributed by atoms with Gasteiger partial charge in [-0.15, -0.1) is 0 Å². The normalized spacial score (nSPS) is 29.7. The maximum absolute atomic E-state index is 5.59. The third kappa shape index (κ3) is 2.89. The van der Waals surface area contributed by atoms with E-state index in [0.29, 0.717) is 5.41 Å². The van der Waals surface area contributed by atoms with Gasteiger partial charge in [0.1, 0.15) is 5.75 Å². The first-order valence-corrected chi connectivity index (χ1v) is 10.8. The Hall–Kier alpha value is -1.80. The predicted molar refractivity (Wildman–Crippen MR) is 110 cm³/mol. The summed E-state index contributed by atoms with van der Waals surface area (Å²) in [5.41, 5.74) is 5.10. The summed E-state index contributed by atoms with van der Waals surface area (Å²) >= 11 is 0. The van der Waals surface area contributed by atoms with Gasteiger partial charge in [0.15, 0.2) is 0 Å². The molecule has 0 radical (unpaired) electrons. The summed E-state index contributed by atoms with van der Waals surface area (Å²) in [4.78, 5) is 2.83. The van der Waals surface area contributed by atoms with Crippen LogP contribution >= 0.6 is 0 Å². The van der Waals surface area contributed by atoms with E-state index in [1.54, 1.807) is 18.2 Å². The van der Waals surface area contributed by atoms with Crippen LogP contribution in [0, 0.1) is 5.92 Å². The van der Waals surface area contributed by atoms with Gasteiger partial charge in [-0.2, -0.15) is 0 Å². The van der Waals surface area contributed by atoms with Gasteiger partial charge < -0.3 is 4.74 Å². The molecule has 1 saturated heterocycles. The Morgan fingerprint density at radius 1 is 1.07 bits per heavy atom. The molecular formula is C25H31NO. The highest BCUT2D eigenvalue weighted by Gasteiger charge is 2.53. The molecule has 142 valence electrons. The molecule has 2 aromatic carbocycles. The largest absolute Gasteiger partial charge is 0.497 e. The smallest absolute Gasteiger partial charge is 0.119 e. The summed E-state index contributed by atoms with van der Waals surface area (Å²) in [7, 11) is 1.80. The van der Waals surface area contributed by atoms with Crippen LogP contribution in [0.4, 0.5) is 0 Å². The maximum Gasteiger partial charge on any atom is 0.119 e. The number of fused-ring (bicyclic) bond motifs is 1. The zero-order chi connectivity index (χ0) is 18.3. The van der Waals surface area contributed by atoms with Gasteiger partial charge in [-0.25, -0.2) is 0 Å². The summed E-state index contributed by atoms with van der Waals surface area (Å²) in [5, 5.41) is 0. The minimum atomic E-state index is 0.411. The molecular weight excluding hydrogens is 330 g/mol. The van der Waals surface area contributed by atoms with Crippen LogP contribution in [-0.4, -0.2) is 31.1 Å². The van der Waals surface area contributed by atoms with Gasteiger partial charge in [-0.05, 0) is 73.4 Å². The lowest BCUT2D eigenvalue weighted by Crippen LogP contribution is -2.61. The summed E-state index contributed by atoms with van der Waals surface area (Å²) in [6.45, 7) is 2.46. The van der Waals surface area contributed by atoms with Crippen molar-refractivity contribution in [2.75, 3.05) is 20.2 Å². The highest BCUT2D eigenvalue weighted by atomic mass is 16.5. The average Bonchev–Trinajstić information content (AvgIpc) is 2.73. The van der Waals surface area contributed by atoms with Gasteiger partial charge in [0.2, 0.25) is 0 Å². The van der Waals surface area contributed by atoms with Crippen molar-refractivity contribution in [3.8, 4) is 5.75 Å². The molecule has 0 amide bonds. The van der Waals surface area contributed by atoms with E-state index < -0.39 is 0 Å². The van der Waals surface area contributed by atoms with Crippen LogP contribution in [0.3, 0.4) is 0 Å². The average molecular weight is 362 g/mol. The van der Waals surface area contributed by atoms with E-state index in [9.17, 15) is 0 Å². The summed E-state index contributed by atoms with van der Waals surface area (Å²) in [6.07, 6.45) is 9.30. The van der Waals surface area contributed by atoms with Crippen LogP contribution in [-0.2, 0) is 18.3 Å². The first-order chi connectivity index (χ1) is 13.3. The Morgan fingerprint density at radius 3 is 2.81 bits per heavy atom. The van der Waals surface area contributed by atoms with E-state index in [2.05, 4.69) is 53.4 Å². The van der Waals surface area contributed by atoms with E-state index in [4.69, 9.17) is 4.74 Å². The van der Waals surface area contributed by atoms with Crippen LogP contribution in [0.2, 0.25) is 0 Å². The van der Waals surface area contributed by atoms with Gasteiger partial charge in [0.05, 0.1) is 7.11 Å². The number of methoxy groups -OCH3 is 1. The molecule has 2 nitrogen and oxygen atoms in total. The molecule has 27 heavy (non-hydrogen) atoms. The topological polar surface area (TPSA) is 12.5 Å². The molecule has 0 aromatic heterocycles. The van der Waals surface area contributed by atoms with E-state index in [1.165, 1.54) is 63.6 Å². The predicted octanol–water partition coefficient (Wildman–Crippen LogP) is 5.00. The molecule has 1 saturated carbocycles. The number of rotatable bonds is 4. The second-order valence-corrected chi connectivity index (χ2v) is 8.82. The number of benzene rings is 2. The minimum absolute atomic E-state index is 0.411. The highest BCUT2D eigenvalue weighted by molar-refractivity contribution is 5.45. The van der Waals surface area contributed by atoms with Gasteiger partial charge >= 0.3 is 0 Å². The van der Waals surface area contributed by atoms with Crippen LogP contribution in [0.5, 0.6) is 5.75 Å². The monoisotopic (exact) mass is 361 g/mol. The van der Waals surface area contributed by atoms with E-state index in [1.807, 2.05) is 0 Å². The van der Waals surface area contributed by atoms with Crippen molar-refractivity contribution in [1.82, 2.24) is 4.90 Å². The van der Waals surface area contributed by atoms with Crippen molar-refractivity contribution < 1.29 is 4.74 Å². The van der Waals surface area contributed by atoms with Crippen molar-refractivity contribution in [1.29, 1.82) is 0 Å². The van der Waals surface area contributed by atoms with Crippen molar-refractivity contribution in [2.24, 2.45) is 5.92 Å². The molecule has 0 N–H and O–H groups in total. The highest BCUT2D eigenvalue weighted by Crippen LogP contribution is 2.56. The molecule has 5 rings (SSSR count). The third-order valence-corrected chi connectivity index (χ3v) is 7.69. The van der Waals surface area contributed by atoms with Crippen molar-refractivity contribution in [3.63, 3.8) is 0 Å². The number of piperidine rings is 1. The number of hydrogen-bond acceptors (Lipinski definition) is 2. The first-order valence-electron chi connectivity index (χ1n) is 10.8. The lowest BCUT2D eigenvalue weighted by Gasteiger charge is -2.59. The van der Waals surface area contributed by atoms with Crippen LogP contribution < -0.4 is 4.74 Å². The Labute approximate surface area is 163 Å². The molecule has 2 fully saturated rings. The molecule has 2 bridgehead atoms. The Balaban J connectivity index is 1.45. The summed E-state index contributed by atoms with van der Waals surface area (Å²) in [5.74, 6) is 1.87. The number of ether oxygens (including phenoxy) is 1. The molecule has 2 aliphatic carbocycles. The minimum Gasteiger partial charge on any atom is -0.497 e. The van der Waals surface area contributed by atoms with Gasteiger partial charge in [-0.3, -0.25) is 4.90 Å². The fraction of sp³-hybridized carbons (Fsp3) is 0.520. The Kier molecular flexibility index (Phi) is 4.47. The standard InChI is InChI=1S/C25H31NO/c1-27-21-11-10-20-17-24-22-9-5-6-13-25(22,23(20)18-21)14-16-26(24)15-12-19-7-3-2-4-8-19/h2-4,7-8,10-11,18,22,24H,5-6,9,12-17H2,1H3/t22-,24+,25+/m1/s1. The second-order valence-electron chi connectivity index (χ2n) is 8.82.